The second-order valence-corrected chi connectivity index (χ2v) is 6.99. The van der Waals surface area contributed by atoms with Gasteiger partial charge >= 0.3 is 11.9 Å². The molecule has 3 heterocycles. The average molecular weight is 398 g/mol. The SMILES string of the molecule is COc1ccc([C@H]2OC(=O)[C@H]3[C@@H]2C(=O)O[C@@H]3c2ccc3c(c2)OCO3)cc1OC. The zero-order valence-corrected chi connectivity index (χ0v) is 15.7. The molecule has 0 unspecified atom stereocenters. The summed E-state index contributed by atoms with van der Waals surface area (Å²) in [6.45, 7) is 0.138. The maximum atomic E-state index is 12.7. The number of cyclic esters (lactones) is 2. The fraction of sp³-hybridized carbons (Fsp3) is 0.333. The minimum absolute atomic E-state index is 0.138. The van der Waals surface area contributed by atoms with Crippen molar-refractivity contribution in [3.8, 4) is 23.0 Å². The van der Waals surface area contributed by atoms with Gasteiger partial charge in [0.2, 0.25) is 6.79 Å². The molecule has 4 atom stereocenters. The Hall–Kier alpha value is -3.42. The number of carbonyl (C=O) groups is 2. The van der Waals surface area contributed by atoms with Crippen molar-refractivity contribution in [2.45, 2.75) is 12.2 Å². The van der Waals surface area contributed by atoms with Gasteiger partial charge in [0.25, 0.3) is 0 Å². The van der Waals surface area contributed by atoms with Crippen molar-refractivity contribution in [1.29, 1.82) is 0 Å². The van der Waals surface area contributed by atoms with Crippen LogP contribution in [0.2, 0.25) is 0 Å². The fourth-order valence-corrected chi connectivity index (χ4v) is 4.14. The monoisotopic (exact) mass is 398 g/mol. The molecule has 2 aromatic rings. The Kier molecular flexibility index (Phi) is 4.01. The molecule has 2 saturated heterocycles. The lowest BCUT2D eigenvalue weighted by Crippen LogP contribution is -2.19. The van der Waals surface area contributed by atoms with Gasteiger partial charge in [0, 0.05) is 0 Å². The third-order valence-corrected chi connectivity index (χ3v) is 5.53. The number of hydrogen-bond acceptors (Lipinski definition) is 8. The van der Waals surface area contributed by atoms with Gasteiger partial charge in [-0.25, -0.2) is 0 Å². The van der Waals surface area contributed by atoms with E-state index in [1.807, 2.05) is 0 Å². The van der Waals surface area contributed by atoms with Gasteiger partial charge in [0.05, 0.1) is 14.2 Å². The summed E-state index contributed by atoms with van der Waals surface area (Å²) >= 11 is 0. The molecule has 3 aliphatic heterocycles. The van der Waals surface area contributed by atoms with Gasteiger partial charge < -0.3 is 28.4 Å². The largest absolute Gasteiger partial charge is 0.493 e. The molecule has 0 radical (unpaired) electrons. The van der Waals surface area contributed by atoms with E-state index in [0.29, 0.717) is 34.1 Å². The maximum Gasteiger partial charge on any atom is 0.314 e. The fourth-order valence-electron chi connectivity index (χ4n) is 4.14. The number of rotatable bonds is 4. The van der Waals surface area contributed by atoms with Crippen LogP contribution in [0.5, 0.6) is 23.0 Å². The Morgan fingerprint density at radius 2 is 1.34 bits per heavy atom. The first-order valence-electron chi connectivity index (χ1n) is 9.13. The van der Waals surface area contributed by atoms with E-state index in [4.69, 9.17) is 28.4 Å². The summed E-state index contributed by atoms with van der Waals surface area (Å²) in [5.41, 5.74) is 1.31. The molecule has 0 aromatic heterocycles. The van der Waals surface area contributed by atoms with E-state index in [1.54, 1.807) is 36.4 Å². The summed E-state index contributed by atoms with van der Waals surface area (Å²) in [7, 11) is 3.05. The van der Waals surface area contributed by atoms with Crippen molar-refractivity contribution in [3.63, 3.8) is 0 Å². The number of methoxy groups -OCH3 is 2. The quantitative estimate of drug-likeness (QED) is 0.726. The third-order valence-electron chi connectivity index (χ3n) is 5.53. The van der Waals surface area contributed by atoms with E-state index in [1.165, 1.54) is 14.2 Å². The number of ether oxygens (including phenoxy) is 6. The van der Waals surface area contributed by atoms with Crippen LogP contribution in [0.3, 0.4) is 0 Å². The highest BCUT2D eigenvalue weighted by Gasteiger charge is 2.60. The van der Waals surface area contributed by atoms with Crippen LogP contribution < -0.4 is 18.9 Å². The lowest BCUT2D eigenvalue weighted by Gasteiger charge is -2.16. The van der Waals surface area contributed by atoms with Crippen LogP contribution in [-0.4, -0.2) is 33.0 Å². The summed E-state index contributed by atoms with van der Waals surface area (Å²) in [6.07, 6.45) is -1.49. The van der Waals surface area contributed by atoms with Gasteiger partial charge in [-0.15, -0.1) is 0 Å². The molecular weight excluding hydrogens is 380 g/mol. The van der Waals surface area contributed by atoms with E-state index >= 15 is 0 Å². The topological polar surface area (TPSA) is 89.5 Å². The van der Waals surface area contributed by atoms with Crippen LogP contribution >= 0.6 is 0 Å². The summed E-state index contributed by atoms with van der Waals surface area (Å²) < 4.78 is 32.5. The highest BCUT2D eigenvalue weighted by molar-refractivity contribution is 5.89. The van der Waals surface area contributed by atoms with Crippen molar-refractivity contribution in [2.75, 3.05) is 21.0 Å². The Morgan fingerprint density at radius 3 is 2.00 bits per heavy atom. The van der Waals surface area contributed by atoms with E-state index in [2.05, 4.69) is 0 Å². The number of fused-ring (bicyclic) bond motifs is 2. The van der Waals surface area contributed by atoms with E-state index < -0.39 is 36.0 Å². The van der Waals surface area contributed by atoms with Crippen molar-refractivity contribution in [2.24, 2.45) is 11.8 Å². The Bertz CT molecular complexity index is 998. The molecule has 0 amide bonds. The van der Waals surface area contributed by atoms with Gasteiger partial charge in [0.1, 0.15) is 24.0 Å². The molecule has 0 saturated carbocycles. The van der Waals surface area contributed by atoms with Crippen LogP contribution in [0.15, 0.2) is 36.4 Å². The molecule has 8 nitrogen and oxygen atoms in total. The molecule has 0 spiro atoms. The second-order valence-electron chi connectivity index (χ2n) is 6.99. The normalized spacial score (nSPS) is 26.7. The molecule has 29 heavy (non-hydrogen) atoms. The number of esters is 2. The van der Waals surface area contributed by atoms with Crippen LogP contribution in [0.4, 0.5) is 0 Å². The predicted octanol–water partition coefficient (Wildman–Crippen LogP) is 2.56. The molecular formula is C21H18O8. The lowest BCUT2D eigenvalue weighted by molar-refractivity contribution is -0.154. The van der Waals surface area contributed by atoms with Crippen LogP contribution in [0.25, 0.3) is 0 Å². The lowest BCUT2D eigenvalue weighted by atomic mass is 9.84. The zero-order valence-electron chi connectivity index (χ0n) is 15.7. The summed E-state index contributed by atoms with van der Waals surface area (Å²) in [4.78, 5) is 25.4. The minimum atomic E-state index is -0.751. The molecule has 2 fully saturated rings. The standard InChI is InChI=1S/C21H18O8/c1-24-12-5-3-10(7-14(12)25-2)18-16-17(21(23)28-18)19(29-20(16)22)11-4-6-13-15(8-11)27-9-26-13/h3-8,16-19H,9H2,1-2H3/t16-,17-,18+,19+/m0/s1. The van der Waals surface area contributed by atoms with Gasteiger partial charge in [0.15, 0.2) is 23.0 Å². The average Bonchev–Trinajstić information content (AvgIpc) is 3.43. The minimum Gasteiger partial charge on any atom is -0.493 e. The summed E-state index contributed by atoms with van der Waals surface area (Å²) in [6, 6.07) is 10.4. The number of hydrogen-bond donors (Lipinski definition) is 0. The zero-order chi connectivity index (χ0) is 20.1. The second kappa shape index (κ2) is 6.58. The first-order chi connectivity index (χ1) is 14.1. The summed E-state index contributed by atoms with van der Waals surface area (Å²) in [5.74, 6) is -0.201. The Balaban J connectivity index is 1.48. The van der Waals surface area contributed by atoms with Crippen molar-refractivity contribution in [1.82, 2.24) is 0 Å². The van der Waals surface area contributed by atoms with Crippen LogP contribution in [-0.2, 0) is 19.1 Å². The predicted molar refractivity (Wildman–Crippen MR) is 96.8 cm³/mol. The molecule has 150 valence electrons. The van der Waals surface area contributed by atoms with Crippen molar-refractivity contribution < 1.29 is 38.0 Å². The highest BCUT2D eigenvalue weighted by Crippen LogP contribution is 2.53. The molecule has 5 rings (SSSR count). The molecule has 0 aliphatic carbocycles. The van der Waals surface area contributed by atoms with Crippen LogP contribution in [0.1, 0.15) is 23.3 Å². The maximum absolute atomic E-state index is 12.7. The van der Waals surface area contributed by atoms with Crippen LogP contribution in [0, 0.1) is 11.8 Å². The Labute approximate surface area is 166 Å². The van der Waals surface area contributed by atoms with E-state index in [9.17, 15) is 9.59 Å². The first-order valence-corrected chi connectivity index (χ1v) is 9.13. The van der Waals surface area contributed by atoms with Crippen molar-refractivity contribution in [3.05, 3.63) is 47.5 Å². The van der Waals surface area contributed by atoms with Gasteiger partial charge in [-0.1, -0.05) is 12.1 Å². The van der Waals surface area contributed by atoms with Crippen molar-refractivity contribution >= 4 is 11.9 Å². The molecule has 0 bridgehead atoms. The van der Waals surface area contributed by atoms with E-state index in [-0.39, 0.29) is 6.79 Å². The summed E-state index contributed by atoms with van der Waals surface area (Å²) in [5, 5.41) is 0. The van der Waals surface area contributed by atoms with E-state index in [0.717, 1.165) is 0 Å². The molecule has 0 N–H and O–H groups in total. The third kappa shape index (κ3) is 2.66. The molecule has 3 aliphatic rings. The van der Waals surface area contributed by atoms with Gasteiger partial charge in [-0.05, 0) is 35.4 Å². The Morgan fingerprint density at radius 1 is 0.759 bits per heavy atom. The first kappa shape index (κ1) is 17.7. The van der Waals surface area contributed by atoms with Gasteiger partial charge in [-0.3, -0.25) is 9.59 Å². The van der Waals surface area contributed by atoms with Gasteiger partial charge in [-0.2, -0.15) is 0 Å². The smallest absolute Gasteiger partial charge is 0.314 e. The molecule has 2 aromatic carbocycles. The molecule has 8 heteroatoms. The number of carbonyl (C=O) groups excluding carboxylic acids is 2. The highest BCUT2D eigenvalue weighted by atomic mass is 16.7. The number of benzene rings is 2.